The van der Waals surface area contributed by atoms with Crippen LogP contribution in [0.1, 0.15) is 70.8 Å². The van der Waals surface area contributed by atoms with Gasteiger partial charge in [-0.15, -0.1) is 0 Å². The number of rotatable bonds is 23. The molecule has 0 aliphatic rings. The maximum absolute atomic E-state index is 13.8. The highest BCUT2D eigenvalue weighted by atomic mass is 19.1. The molecule has 8 heteroatoms. The molecular formula is C27H45FO7. The topological polar surface area (TPSA) is 72.5 Å². The van der Waals surface area contributed by atoms with Crippen molar-refractivity contribution < 1.29 is 37.6 Å². The molecule has 35 heavy (non-hydrogen) atoms. The van der Waals surface area contributed by atoms with Gasteiger partial charge in [-0.1, -0.05) is 12.8 Å². The first kappa shape index (κ1) is 31.3. The summed E-state index contributed by atoms with van der Waals surface area (Å²) in [5.74, 6) is 0.257. The van der Waals surface area contributed by atoms with Crippen molar-refractivity contribution in [2.24, 2.45) is 0 Å². The van der Waals surface area contributed by atoms with Gasteiger partial charge in [-0.3, -0.25) is 4.79 Å². The number of unbranched alkanes of at least 4 members (excludes halogenated alkanes) is 5. The van der Waals surface area contributed by atoms with E-state index in [1.54, 1.807) is 12.1 Å². The Morgan fingerprint density at radius 1 is 0.800 bits per heavy atom. The highest BCUT2D eigenvalue weighted by Crippen LogP contribution is 2.19. The van der Waals surface area contributed by atoms with Crippen molar-refractivity contribution in [1.82, 2.24) is 0 Å². The second kappa shape index (κ2) is 21.5. The molecule has 0 saturated heterocycles. The van der Waals surface area contributed by atoms with Gasteiger partial charge < -0.3 is 28.4 Å². The first-order chi connectivity index (χ1) is 17.0. The van der Waals surface area contributed by atoms with Crippen LogP contribution < -0.4 is 4.74 Å². The van der Waals surface area contributed by atoms with Crippen molar-refractivity contribution in [2.75, 3.05) is 53.4 Å². The van der Waals surface area contributed by atoms with E-state index in [0.717, 1.165) is 51.6 Å². The number of carbonyl (C=O) groups excluding carboxylic acids is 1. The zero-order valence-corrected chi connectivity index (χ0v) is 21.9. The average molecular weight is 501 g/mol. The summed E-state index contributed by atoms with van der Waals surface area (Å²) in [7, 11) is 1.41. The van der Waals surface area contributed by atoms with Gasteiger partial charge in [0.1, 0.15) is 11.6 Å². The molecular weight excluding hydrogens is 455 g/mol. The van der Waals surface area contributed by atoms with Gasteiger partial charge in [-0.25, -0.2) is 4.39 Å². The maximum Gasteiger partial charge on any atom is 0.305 e. The second-order valence-electron chi connectivity index (χ2n) is 8.60. The molecule has 1 rings (SSSR count). The van der Waals surface area contributed by atoms with Gasteiger partial charge in [0, 0.05) is 25.2 Å². The second-order valence-corrected chi connectivity index (χ2v) is 8.60. The van der Waals surface area contributed by atoms with Crippen molar-refractivity contribution in [3.63, 3.8) is 0 Å². The van der Waals surface area contributed by atoms with Crippen LogP contribution in [0.25, 0.3) is 0 Å². The summed E-state index contributed by atoms with van der Waals surface area (Å²) in [6.07, 6.45) is 7.36. The summed E-state index contributed by atoms with van der Waals surface area (Å²) in [6, 6.07) is 4.81. The minimum Gasteiger partial charge on any atom is -0.494 e. The molecule has 1 aromatic carbocycles. The molecule has 7 nitrogen and oxygen atoms in total. The molecule has 1 aromatic rings. The Kier molecular flexibility index (Phi) is 19.3. The summed E-state index contributed by atoms with van der Waals surface area (Å²) < 4.78 is 46.3. The van der Waals surface area contributed by atoms with E-state index in [0.29, 0.717) is 57.4 Å². The molecule has 0 radical (unpaired) electrons. The number of ether oxygens (including phenoxy) is 6. The molecule has 0 spiro atoms. The van der Waals surface area contributed by atoms with E-state index in [2.05, 4.69) is 4.74 Å². The van der Waals surface area contributed by atoms with Crippen molar-refractivity contribution in [3.05, 3.63) is 29.6 Å². The van der Waals surface area contributed by atoms with Crippen LogP contribution in [0.2, 0.25) is 0 Å². The van der Waals surface area contributed by atoms with Crippen molar-refractivity contribution in [1.29, 1.82) is 0 Å². The lowest BCUT2D eigenvalue weighted by atomic mass is 10.2. The Hall–Kier alpha value is -1.74. The lowest BCUT2D eigenvalue weighted by molar-refractivity contribution is -0.140. The molecule has 0 N–H and O–H groups in total. The van der Waals surface area contributed by atoms with Crippen LogP contribution in [-0.4, -0.2) is 65.4 Å². The SMILES string of the molecule is COC(=O)CCCCCOCCOCCOCCCCCCOc1ccc(F)c(COC(C)C)c1. The number of hydrogen-bond acceptors (Lipinski definition) is 7. The highest BCUT2D eigenvalue weighted by molar-refractivity contribution is 5.68. The first-order valence-electron chi connectivity index (χ1n) is 12.9. The zero-order valence-electron chi connectivity index (χ0n) is 21.9. The fourth-order valence-corrected chi connectivity index (χ4v) is 3.15. The molecule has 0 saturated carbocycles. The van der Waals surface area contributed by atoms with Crippen LogP contribution in [0.4, 0.5) is 4.39 Å². The summed E-state index contributed by atoms with van der Waals surface area (Å²) in [4.78, 5) is 11.0. The number of methoxy groups -OCH3 is 1. The summed E-state index contributed by atoms with van der Waals surface area (Å²) in [6.45, 7) is 8.42. The van der Waals surface area contributed by atoms with Crippen molar-refractivity contribution in [2.45, 2.75) is 77.9 Å². The standard InChI is InChI=1S/C27H45FO7/c1-23(2)35-22-24-21-25(12-13-26(24)28)34-16-10-5-4-8-14-31-17-19-33-20-18-32-15-9-6-7-11-27(29)30-3/h12-13,21,23H,4-11,14-20,22H2,1-3H3. The van der Waals surface area contributed by atoms with Crippen LogP contribution in [0.3, 0.4) is 0 Å². The largest absolute Gasteiger partial charge is 0.494 e. The Balaban J connectivity index is 1.84. The van der Waals surface area contributed by atoms with Crippen LogP contribution in [0.15, 0.2) is 18.2 Å². The molecule has 202 valence electrons. The fourth-order valence-electron chi connectivity index (χ4n) is 3.15. The van der Waals surface area contributed by atoms with Crippen molar-refractivity contribution >= 4 is 5.97 Å². The minimum absolute atomic E-state index is 0.0583. The smallest absolute Gasteiger partial charge is 0.305 e. The lowest BCUT2D eigenvalue weighted by Gasteiger charge is -2.11. The Morgan fingerprint density at radius 2 is 1.37 bits per heavy atom. The van der Waals surface area contributed by atoms with E-state index in [1.807, 2.05) is 13.8 Å². The van der Waals surface area contributed by atoms with Gasteiger partial charge in [0.05, 0.1) is 52.9 Å². The summed E-state index contributed by atoms with van der Waals surface area (Å²) in [5.41, 5.74) is 0.522. The molecule has 0 atom stereocenters. The average Bonchev–Trinajstić information content (AvgIpc) is 2.85. The number of carbonyl (C=O) groups is 1. The summed E-state index contributed by atoms with van der Waals surface area (Å²) in [5, 5.41) is 0. The number of benzene rings is 1. The van der Waals surface area contributed by atoms with Gasteiger partial charge in [-0.05, 0) is 64.2 Å². The fraction of sp³-hybridized carbons (Fsp3) is 0.741. The first-order valence-corrected chi connectivity index (χ1v) is 12.9. The Morgan fingerprint density at radius 3 is 1.97 bits per heavy atom. The molecule has 0 aromatic heterocycles. The maximum atomic E-state index is 13.8. The van der Waals surface area contributed by atoms with Crippen LogP contribution in [0.5, 0.6) is 5.75 Å². The van der Waals surface area contributed by atoms with E-state index in [1.165, 1.54) is 13.2 Å². The van der Waals surface area contributed by atoms with Gasteiger partial charge in [-0.2, -0.15) is 0 Å². The zero-order chi connectivity index (χ0) is 25.6. The van der Waals surface area contributed by atoms with Crippen LogP contribution in [0, 0.1) is 5.82 Å². The van der Waals surface area contributed by atoms with Crippen molar-refractivity contribution in [3.8, 4) is 5.75 Å². The number of halogens is 1. The van der Waals surface area contributed by atoms with E-state index in [-0.39, 0.29) is 24.5 Å². The van der Waals surface area contributed by atoms with Gasteiger partial charge in [0.25, 0.3) is 0 Å². The molecule has 0 amide bonds. The molecule has 0 fully saturated rings. The van der Waals surface area contributed by atoms with E-state index >= 15 is 0 Å². The van der Waals surface area contributed by atoms with Gasteiger partial charge >= 0.3 is 5.97 Å². The monoisotopic (exact) mass is 500 g/mol. The minimum atomic E-state index is -0.266. The molecule has 0 bridgehead atoms. The third kappa shape index (κ3) is 18.2. The van der Waals surface area contributed by atoms with E-state index < -0.39 is 0 Å². The Bertz CT molecular complexity index is 654. The molecule has 0 unspecified atom stereocenters. The van der Waals surface area contributed by atoms with E-state index in [9.17, 15) is 9.18 Å². The van der Waals surface area contributed by atoms with Crippen LogP contribution >= 0.6 is 0 Å². The third-order valence-corrected chi connectivity index (χ3v) is 5.18. The predicted molar refractivity (Wildman–Crippen MR) is 133 cm³/mol. The highest BCUT2D eigenvalue weighted by Gasteiger charge is 2.06. The van der Waals surface area contributed by atoms with E-state index in [4.69, 9.17) is 23.7 Å². The predicted octanol–water partition coefficient (Wildman–Crippen LogP) is 5.47. The third-order valence-electron chi connectivity index (χ3n) is 5.18. The number of esters is 1. The molecule has 0 aliphatic heterocycles. The summed E-state index contributed by atoms with van der Waals surface area (Å²) >= 11 is 0. The number of hydrogen-bond donors (Lipinski definition) is 0. The normalized spacial score (nSPS) is 11.2. The lowest BCUT2D eigenvalue weighted by Crippen LogP contribution is -2.10. The van der Waals surface area contributed by atoms with Gasteiger partial charge in [0.15, 0.2) is 0 Å². The van der Waals surface area contributed by atoms with Crippen LogP contribution in [-0.2, 0) is 35.1 Å². The molecule has 0 heterocycles. The van der Waals surface area contributed by atoms with Gasteiger partial charge in [0.2, 0.25) is 0 Å². The quantitative estimate of drug-likeness (QED) is 0.146. The Labute approximate surface area is 210 Å². The molecule has 0 aliphatic carbocycles.